The molecule has 0 radical (unpaired) electrons. The molecule has 4 heteroatoms. The zero-order valence-electron chi connectivity index (χ0n) is 8.95. The number of nitrogens with zero attached hydrogens (tertiary/aromatic N) is 1. The minimum absolute atomic E-state index is 0.313. The van der Waals surface area contributed by atoms with Crippen LogP contribution in [0.1, 0.15) is 12.8 Å². The van der Waals surface area contributed by atoms with Gasteiger partial charge in [0.1, 0.15) is 0 Å². The van der Waals surface area contributed by atoms with E-state index >= 15 is 0 Å². The third kappa shape index (κ3) is 1.68. The minimum atomic E-state index is 0.313. The molecule has 1 N–H and O–H groups in total. The maximum Gasteiger partial charge on any atom is 0.227 e. The van der Waals surface area contributed by atoms with Crippen LogP contribution in [0, 0.1) is 11.8 Å². The number of carbonyl (C=O) groups excluding carboxylic acids is 1. The number of piperidine rings is 1. The Morgan fingerprint density at radius 3 is 2.60 bits per heavy atom. The fourth-order valence-electron chi connectivity index (χ4n) is 3.21. The fourth-order valence-corrected chi connectivity index (χ4v) is 4.11. The summed E-state index contributed by atoms with van der Waals surface area (Å²) in [5.74, 6) is 3.64. The Hall–Kier alpha value is -0.220. The molecule has 0 aromatic rings. The van der Waals surface area contributed by atoms with Gasteiger partial charge in [-0.3, -0.25) is 4.79 Å². The van der Waals surface area contributed by atoms with Crippen molar-refractivity contribution in [3.8, 4) is 0 Å². The van der Waals surface area contributed by atoms with Gasteiger partial charge in [0.2, 0.25) is 5.91 Å². The van der Waals surface area contributed by atoms with Gasteiger partial charge >= 0.3 is 0 Å². The van der Waals surface area contributed by atoms with Crippen molar-refractivity contribution in [3.05, 3.63) is 0 Å². The molecule has 2 bridgehead atoms. The average Bonchev–Trinajstić information content (AvgIpc) is 2.89. The molecule has 84 valence electrons. The summed E-state index contributed by atoms with van der Waals surface area (Å²) in [4.78, 5) is 14.4. The van der Waals surface area contributed by atoms with Crippen molar-refractivity contribution in [1.29, 1.82) is 0 Å². The van der Waals surface area contributed by atoms with Crippen LogP contribution in [0.3, 0.4) is 0 Å². The van der Waals surface area contributed by atoms with Crippen LogP contribution in [0.5, 0.6) is 0 Å². The van der Waals surface area contributed by atoms with Gasteiger partial charge in [-0.2, -0.15) is 11.8 Å². The van der Waals surface area contributed by atoms with Crippen LogP contribution in [0.15, 0.2) is 0 Å². The smallest absolute Gasteiger partial charge is 0.227 e. The third-order valence-corrected chi connectivity index (χ3v) is 4.98. The highest BCUT2D eigenvalue weighted by Gasteiger charge is 2.46. The van der Waals surface area contributed by atoms with Gasteiger partial charge in [0, 0.05) is 30.6 Å². The van der Waals surface area contributed by atoms with Crippen LogP contribution in [-0.4, -0.2) is 48.0 Å². The van der Waals surface area contributed by atoms with E-state index in [-0.39, 0.29) is 0 Å². The Labute approximate surface area is 95.0 Å². The van der Waals surface area contributed by atoms with E-state index in [1.54, 1.807) is 0 Å². The highest BCUT2D eigenvalue weighted by Crippen LogP contribution is 2.38. The van der Waals surface area contributed by atoms with E-state index in [0.29, 0.717) is 23.8 Å². The summed E-state index contributed by atoms with van der Waals surface area (Å²) in [6.07, 6.45) is 2.47. The highest BCUT2D eigenvalue weighted by molar-refractivity contribution is 7.99. The van der Waals surface area contributed by atoms with Crippen LogP contribution in [0.4, 0.5) is 0 Å². The largest absolute Gasteiger partial charge is 0.341 e. The third-order valence-electron chi connectivity index (χ3n) is 4.04. The number of amides is 1. The zero-order valence-corrected chi connectivity index (χ0v) is 9.76. The van der Waals surface area contributed by atoms with Crippen LogP contribution in [0.2, 0.25) is 0 Å². The van der Waals surface area contributed by atoms with Crippen LogP contribution < -0.4 is 5.32 Å². The quantitative estimate of drug-likeness (QED) is 0.709. The lowest BCUT2D eigenvalue weighted by atomic mass is 9.96. The molecule has 0 spiro atoms. The number of carbonyl (C=O) groups is 1. The molecule has 1 amide bonds. The first-order valence-electron chi connectivity index (χ1n) is 5.96. The molecule has 3 rings (SSSR count). The lowest BCUT2D eigenvalue weighted by Gasteiger charge is -2.30. The molecule has 0 aromatic heterocycles. The van der Waals surface area contributed by atoms with Crippen molar-refractivity contribution in [2.75, 3.05) is 31.1 Å². The van der Waals surface area contributed by atoms with Crippen molar-refractivity contribution < 1.29 is 4.79 Å². The fraction of sp³-hybridized carbons (Fsp3) is 0.909. The Kier molecular flexibility index (Phi) is 2.64. The lowest BCUT2D eigenvalue weighted by molar-refractivity contribution is -0.135. The highest BCUT2D eigenvalue weighted by atomic mass is 32.2. The van der Waals surface area contributed by atoms with Gasteiger partial charge in [0.15, 0.2) is 0 Å². The molecule has 3 nitrogen and oxygen atoms in total. The molecule has 3 atom stereocenters. The average molecular weight is 226 g/mol. The van der Waals surface area contributed by atoms with Gasteiger partial charge < -0.3 is 10.2 Å². The van der Waals surface area contributed by atoms with E-state index < -0.39 is 0 Å². The van der Waals surface area contributed by atoms with Crippen molar-refractivity contribution in [2.24, 2.45) is 11.8 Å². The molecule has 2 heterocycles. The second-order valence-electron chi connectivity index (χ2n) is 4.82. The van der Waals surface area contributed by atoms with Crippen LogP contribution in [-0.2, 0) is 4.79 Å². The molecular formula is C11H18N2OS. The molecule has 0 aromatic carbocycles. The Morgan fingerprint density at radius 1 is 1.27 bits per heavy atom. The van der Waals surface area contributed by atoms with E-state index in [1.165, 1.54) is 12.8 Å². The predicted octanol–water partition coefficient (Wildman–Crippen LogP) is 0.560. The summed E-state index contributed by atoms with van der Waals surface area (Å²) in [7, 11) is 0. The van der Waals surface area contributed by atoms with Crippen molar-refractivity contribution >= 4 is 17.7 Å². The number of hydrogen-bond donors (Lipinski definition) is 1. The molecule has 0 unspecified atom stereocenters. The maximum atomic E-state index is 12.3. The molecular weight excluding hydrogens is 208 g/mol. The number of nitrogens with one attached hydrogen (secondary N) is 1. The van der Waals surface area contributed by atoms with Gasteiger partial charge in [0.05, 0.1) is 5.92 Å². The van der Waals surface area contributed by atoms with Crippen molar-refractivity contribution in [3.63, 3.8) is 0 Å². The summed E-state index contributed by atoms with van der Waals surface area (Å²) >= 11 is 1.97. The summed E-state index contributed by atoms with van der Waals surface area (Å²) in [6, 6.07) is 0.497. The minimum Gasteiger partial charge on any atom is -0.341 e. The Balaban J connectivity index is 1.68. The standard InChI is InChI=1S/C11H18N2OS/c14-11(13-3-5-15-6-4-13)10-8-1-2-9(10)12-7-8/h8-10,12H,1-7H2/t8-,9-,10+/m0/s1. The van der Waals surface area contributed by atoms with E-state index in [0.717, 1.165) is 31.1 Å². The molecule has 1 aliphatic carbocycles. The van der Waals surface area contributed by atoms with E-state index in [4.69, 9.17) is 0 Å². The van der Waals surface area contributed by atoms with Crippen LogP contribution >= 0.6 is 11.8 Å². The molecule has 15 heavy (non-hydrogen) atoms. The topological polar surface area (TPSA) is 32.3 Å². The monoisotopic (exact) mass is 226 g/mol. The van der Waals surface area contributed by atoms with Gasteiger partial charge in [-0.15, -0.1) is 0 Å². The van der Waals surface area contributed by atoms with Gasteiger partial charge in [0.25, 0.3) is 0 Å². The van der Waals surface area contributed by atoms with Crippen molar-refractivity contribution in [1.82, 2.24) is 10.2 Å². The second kappa shape index (κ2) is 3.98. The summed E-state index contributed by atoms with van der Waals surface area (Å²) in [5.41, 5.74) is 0. The van der Waals surface area contributed by atoms with Crippen molar-refractivity contribution in [2.45, 2.75) is 18.9 Å². The summed E-state index contributed by atoms with van der Waals surface area (Å²) in [6.45, 7) is 3.02. The van der Waals surface area contributed by atoms with E-state index in [1.807, 2.05) is 11.8 Å². The Bertz CT molecular complexity index is 245. The van der Waals surface area contributed by atoms with Gasteiger partial charge in [-0.05, 0) is 25.3 Å². The first kappa shape index (κ1) is 9.97. The first-order valence-corrected chi connectivity index (χ1v) is 7.11. The van der Waals surface area contributed by atoms with E-state index in [9.17, 15) is 4.79 Å². The zero-order chi connectivity index (χ0) is 10.3. The maximum absolute atomic E-state index is 12.3. The number of rotatable bonds is 1. The SMILES string of the molecule is O=C([C@@H]1[C@H]2CC[C@@H]1NC2)N1CCSCC1. The number of hydrogen-bond acceptors (Lipinski definition) is 3. The van der Waals surface area contributed by atoms with E-state index in [2.05, 4.69) is 10.2 Å². The predicted molar refractivity (Wildman–Crippen MR) is 61.9 cm³/mol. The Morgan fingerprint density at radius 2 is 2.07 bits per heavy atom. The summed E-state index contributed by atoms with van der Waals surface area (Å²) in [5, 5.41) is 3.47. The molecule has 3 fully saturated rings. The number of thioether (sulfide) groups is 1. The van der Waals surface area contributed by atoms with Crippen LogP contribution in [0.25, 0.3) is 0 Å². The second-order valence-corrected chi connectivity index (χ2v) is 6.04. The summed E-state index contributed by atoms with van der Waals surface area (Å²) < 4.78 is 0. The molecule has 3 aliphatic rings. The molecule has 1 saturated carbocycles. The molecule has 2 saturated heterocycles. The molecule has 2 aliphatic heterocycles. The normalized spacial score (nSPS) is 39.7. The van der Waals surface area contributed by atoms with Gasteiger partial charge in [-0.1, -0.05) is 0 Å². The number of fused-ring (bicyclic) bond motifs is 2. The lowest BCUT2D eigenvalue weighted by Crippen LogP contribution is -2.44. The van der Waals surface area contributed by atoms with Gasteiger partial charge in [-0.25, -0.2) is 0 Å². The first-order chi connectivity index (χ1) is 7.36.